The van der Waals surface area contributed by atoms with E-state index in [-0.39, 0.29) is 38.6 Å². The molecule has 2 unspecified atom stereocenters. The highest BCUT2D eigenvalue weighted by atomic mass is 16.7. The fourth-order valence-electron chi connectivity index (χ4n) is 4.44. The molecular formula is C40H68NO8+. The highest BCUT2D eigenvalue weighted by Gasteiger charge is 2.24. The molecule has 9 heteroatoms. The summed E-state index contributed by atoms with van der Waals surface area (Å²) in [6.45, 7) is 4.57. The monoisotopic (exact) mass is 690 g/mol. The second-order valence-corrected chi connectivity index (χ2v) is 13.2. The van der Waals surface area contributed by atoms with E-state index in [0.717, 1.165) is 44.9 Å². The van der Waals surface area contributed by atoms with Crippen LogP contribution in [0.25, 0.3) is 0 Å². The zero-order valence-corrected chi connectivity index (χ0v) is 31.3. The summed E-state index contributed by atoms with van der Waals surface area (Å²) in [7, 11) is 5.90. The van der Waals surface area contributed by atoms with Crippen molar-refractivity contribution in [2.75, 3.05) is 47.5 Å². The van der Waals surface area contributed by atoms with E-state index in [9.17, 15) is 19.5 Å². The lowest BCUT2D eigenvalue weighted by Crippen LogP contribution is -2.40. The third-order valence-corrected chi connectivity index (χ3v) is 7.32. The Bertz CT molecular complexity index is 993. The SMILES string of the molecule is CC/C=C\C/C=C\C/C=C\C/C=C\C/C=C\CC(=O)OC(COC(=O)CCCCCCCCCCC)COC(OCC[N+](C)(C)C)C(=O)O. The molecule has 0 saturated carbocycles. The molecule has 0 spiro atoms. The number of hydrogen-bond donors (Lipinski definition) is 1. The Morgan fingerprint density at radius 3 is 1.65 bits per heavy atom. The average molecular weight is 691 g/mol. The first-order valence-corrected chi connectivity index (χ1v) is 18.5. The molecular weight excluding hydrogens is 622 g/mol. The van der Waals surface area contributed by atoms with Crippen molar-refractivity contribution in [1.82, 2.24) is 0 Å². The number of allylic oxidation sites excluding steroid dienone is 9. The molecule has 2 atom stereocenters. The van der Waals surface area contributed by atoms with Gasteiger partial charge < -0.3 is 28.5 Å². The Labute approximate surface area is 297 Å². The van der Waals surface area contributed by atoms with Gasteiger partial charge in [0, 0.05) is 6.42 Å². The minimum absolute atomic E-state index is 0.0266. The summed E-state index contributed by atoms with van der Waals surface area (Å²) in [6, 6.07) is 0. The van der Waals surface area contributed by atoms with E-state index in [0.29, 0.717) is 17.4 Å². The quantitative estimate of drug-likeness (QED) is 0.0246. The van der Waals surface area contributed by atoms with Crippen molar-refractivity contribution in [3.05, 3.63) is 60.8 Å². The van der Waals surface area contributed by atoms with Crippen LogP contribution in [0.2, 0.25) is 0 Å². The molecule has 0 bridgehead atoms. The molecule has 0 heterocycles. The molecule has 0 amide bonds. The van der Waals surface area contributed by atoms with Gasteiger partial charge in [-0.2, -0.15) is 0 Å². The number of unbranched alkanes of at least 4 members (excludes halogenated alkanes) is 8. The van der Waals surface area contributed by atoms with Gasteiger partial charge >= 0.3 is 17.9 Å². The second-order valence-electron chi connectivity index (χ2n) is 13.2. The molecule has 0 fully saturated rings. The van der Waals surface area contributed by atoms with E-state index in [4.69, 9.17) is 18.9 Å². The van der Waals surface area contributed by atoms with Gasteiger partial charge in [0.2, 0.25) is 0 Å². The number of nitrogens with zero attached hydrogens (tertiary/aromatic N) is 1. The Morgan fingerprint density at radius 2 is 1.14 bits per heavy atom. The lowest BCUT2D eigenvalue weighted by atomic mass is 10.1. The molecule has 1 N–H and O–H groups in total. The van der Waals surface area contributed by atoms with Crippen LogP contribution in [-0.4, -0.2) is 87.4 Å². The highest BCUT2D eigenvalue weighted by molar-refractivity contribution is 5.72. The van der Waals surface area contributed by atoms with Crippen LogP contribution in [0.3, 0.4) is 0 Å². The molecule has 0 aromatic heterocycles. The van der Waals surface area contributed by atoms with E-state index in [1.54, 1.807) is 6.08 Å². The average Bonchev–Trinajstić information content (AvgIpc) is 3.05. The number of carbonyl (C=O) groups excluding carboxylic acids is 2. The Morgan fingerprint density at radius 1 is 0.633 bits per heavy atom. The fraction of sp³-hybridized carbons (Fsp3) is 0.675. The van der Waals surface area contributed by atoms with Crippen LogP contribution in [0.4, 0.5) is 0 Å². The van der Waals surface area contributed by atoms with Gasteiger partial charge in [0.25, 0.3) is 6.29 Å². The number of hydrogen-bond acceptors (Lipinski definition) is 7. The fourth-order valence-corrected chi connectivity index (χ4v) is 4.44. The molecule has 0 aromatic carbocycles. The first kappa shape index (κ1) is 46.0. The van der Waals surface area contributed by atoms with Gasteiger partial charge in [0.05, 0.1) is 40.8 Å². The summed E-state index contributed by atoms with van der Waals surface area (Å²) in [6.07, 6.45) is 33.2. The maximum Gasteiger partial charge on any atom is 0.361 e. The van der Waals surface area contributed by atoms with E-state index in [2.05, 4.69) is 56.4 Å². The summed E-state index contributed by atoms with van der Waals surface area (Å²) in [4.78, 5) is 36.7. The number of aliphatic carboxylic acids is 1. The van der Waals surface area contributed by atoms with Crippen LogP contribution in [-0.2, 0) is 33.3 Å². The Kier molecular flexibility index (Phi) is 30.2. The minimum atomic E-state index is -1.53. The van der Waals surface area contributed by atoms with E-state index in [1.165, 1.54) is 38.5 Å². The van der Waals surface area contributed by atoms with Crippen molar-refractivity contribution in [1.29, 1.82) is 0 Å². The smallest absolute Gasteiger partial charge is 0.361 e. The number of esters is 2. The first-order valence-electron chi connectivity index (χ1n) is 18.5. The largest absolute Gasteiger partial charge is 0.477 e. The standard InChI is InChI=1S/C40H67NO8/c1-6-8-10-12-14-16-17-18-19-20-21-23-25-27-29-31-38(43)49-36(35-48-40(39(44)45)46-33-32-41(3,4)5)34-47-37(42)30-28-26-24-22-15-13-11-9-7-2/h8,10,14,16,18-19,21,23,27,29,36,40H,6-7,9,11-13,15,17,20,22,24-26,28,30-35H2,1-5H3/p+1/b10-8-,16-14-,19-18-,23-21-,29-27-. The van der Waals surface area contributed by atoms with Crippen LogP contribution in [0.1, 0.15) is 117 Å². The lowest BCUT2D eigenvalue weighted by molar-refractivity contribution is -0.870. The molecule has 280 valence electrons. The van der Waals surface area contributed by atoms with Crippen molar-refractivity contribution >= 4 is 17.9 Å². The van der Waals surface area contributed by atoms with Gasteiger partial charge in [-0.15, -0.1) is 0 Å². The van der Waals surface area contributed by atoms with Gasteiger partial charge in [0.15, 0.2) is 6.10 Å². The zero-order valence-electron chi connectivity index (χ0n) is 31.3. The van der Waals surface area contributed by atoms with E-state index in [1.807, 2.05) is 33.3 Å². The third kappa shape index (κ3) is 33.3. The normalized spacial score (nSPS) is 13.7. The molecule has 0 saturated heterocycles. The predicted molar refractivity (Wildman–Crippen MR) is 198 cm³/mol. The number of carboxylic acids is 1. The topological polar surface area (TPSA) is 108 Å². The number of carboxylic acid groups (broad SMARTS) is 1. The second kappa shape index (κ2) is 32.2. The van der Waals surface area contributed by atoms with Crippen molar-refractivity contribution in [2.45, 2.75) is 129 Å². The van der Waals surface area contributed by atoms with Crippen LogP contribution in [0, 0.1) is 0 Å². The zero-order chi connectivity index (χ0) is 36.4. The molecule has 0 aromatic rings. The third-order valence-electron chi connectivity index (χ3n) is 7.32. The number of quaternary nitrogens is 1. The van der Waals surface area contributed by atoms with Crippen molar-refractivity contribution < 1.29 is 42.9 Å². The summed E-state index contributed by atoms with van der Waals surface area (Å²) >= 11 is 0. The van der Waals surface area contributed by atoms with Crippen LogP contribution in [0.5, 0.6) is 0 Å². The summed E-state index contributed by atoms with van der Waals surface area (Å²) < 4.78 is 22.4. The maximum atomic E-state index is 12.6. The number of rotatable bonds is 32. The maximum absolute atomic E-state index is 12.6. The summed E-state index contributed by atoms with van der Waals surface area (Å²) in [5, 5.41) is 9.56. The van der Waals surface area contributed by atoms with Crippen molar-refractivity contribution in [3.8, 4) is 0 Å². The molecule has 9 nitrogen and oxygen atoms in total. The lowest BCUT2D eigenvalue weighted by Gasteiger charge is -2.25. The first-order chi connectivity index (χ1) is 23.6. The molecule has 49 heavy (non-hydrogen) atoms. The molecule has 0 rings (SSSR count). The Hall–Kier alpha value is -3.01. The van der Waals surface area contributed by atoms with Gasteiger partial charge in [-0.25, -0.2) is 4.79 Å². The molecule has 0 aliphatic rings. The summed E-state index contributed by atoms with van der Waals surface area (Å²) in [5.41, 5.74) is 0. The van der Waals surface area contributed by atoms with E-state index >= 15 is 0 Å². The van der Waals surface area contributed by atoms with Gasteiger partial charge in [0.1, 0.15) is 13.2 Å². The minimum Gasteiger partial charge on any atom is -0.477 e. The predicted octanol–water partition coefficient (Wildman–Crippen LogP) is 8.65. The molecule has 0 aliphatic carbocycles. The van der Waals surface area contributed by atoms with Gasteiger partial charge in [-0.05, 0) is 38.5 Å². The van der Waals surface area contributed by atoms with E-state index < -0.39 is 24.3 Å². The van der Waals surface area contributed by atoms with Crippen LogP contribution < -0.4 is 0 Å². The number of carbonyl (C=O) groups is 3. The Balaban J connectivity index is 4.73. The van der Waals surface area contributed by atoms with Crippen molar-refractivity contribution in [3.63, 3.8) is 0 Å². The number of ether oxygens (including phenoxy) is 4. The molecule has 0 aliphatic heterocycles. The van der Waals surface area contributed by atoms with Gasteiger partial charge in [-0.3, -0.25) is 9.59 Å². The van der Waals surface area contributed by atoms with Crippen LogP contribution >= 0.6 is 0 Å². The number of likely N-dealkylation sites (N-methyl/N-ethyl adjacent to an activating group) is 1. The summed E-state index contributed by atoms with van der Waals surface area (Å²) in [5.74, 6) is -2.19. The highest BCUT2D eigenvalue weighted by Crippen LogP contribution is 2.11. The van der Waals surface area contributed by atoms with Gasteiger partial charge in [-0.1, -0.05) is 126 Å². The van der Waals surface area contributed by atoms with Crippen molar-refractivity contribution in [2.24, 2.45) is 0 Å². The molecule has 0 radical (unpaired) electrons. The van der Waals surface area contributed by atoms with Crippen LogP contribution in [0.15, 0.2) is 60.8 Å².